The van der Waals surface area contributed by atoms with Gasteiger partial charge in [0.2, 0.25) is 0 Å². The number of halogens is 1. The Morgan fingerprint density at radius 1 is 1.45 bits per heavy atom. The van der Waals surface area contributed by atoms with Gasteiger partial charge in [-0.1, -0.05) is 6.08 Å². The zero-order chi connectivity index (χ0) is 15.3. The van der Waals surface area contributed by atoms with Crippen LogP contribution in [0.5, 0.6) is 0 Å². The predicted molar refractivity (Wildman–Crippen MR) is 91.2 cm³/mol. The summed E-state index contributed by atoms with van der Waals surface area (Å²) in [5, 5.41) is 3.53. The molecule has 0 spiro atoms. The summed E-state index contributed by atoms with van der Waals surface area (Å²) in [5.74, 6) is 1.03. The third-order valence-corrected chi connectivity index (χ3v) is 3.37. The fourth-order valence-corrected chi connectivity index (χ4v) is 2.28. The van der Waals surface area contributed by atoms with E-state index in [9.17, 15) is 0 Å². The van der Waals surface area contributed by atoms with Crippen molar-refractivity contribution in [1.29, 1.82) is 0 Å². The lowest BCUT2D eigenvalue weighted by Crippen LogP contribution is -2.37. The van der Waals surface area contributed by atoms with E-state index in [0.29, 0.717) is 6.04 Å². The highest BCUT2D eigenvalue weighted by atomic mass is 79.9. The second kappa shape index (κ2) is 7.23. The zero-order valence-corrected chi connectivity index (χ0v) is 14.8. The zero-order valence-electron chi connectivity index (χ0n) is 13.2. The van der Waals surface area contributed by atoms with E-state index in [0.717, 1.165) is 23.4 Å². The van der Waals surface area contributed by atoms with Crippen molar-refractivity contribution in [2.24, 2.45) is 0 Å². The van der Waals surface area contributed by atoms with E-state index in [1.54, 1.807) is 0 Å². The van der Waals surface area contributed by atoms with Gasteiger partial charge in [0.1, 0.15) is 5.82 Å². The minimum absolute atomic E-state index is 0.0840. The van der Waals surface area contributed by atoms with E-state index in [-0.39, 0.29) is 5.54 Å². The van der Waals surface area contributed by atoms with Gasteiger partial charge in [0.15, 0.2) is 0 Å². The first-order valence-corrected chi connectivity index (χ1v) is 7.81. The normalized spacial score (nSPS) is 11.8. The third kappa shape index (κ3) is 5.25. The second-order valence-electron chi connectivity index (χ2n) is 6.27. The van der Waals surface area contributed by atoms with Crippen LogP contribution in [0.1, 0.15) is 40.2 Å². The van der Waals surface area contributed by atoms with Gasteiger partial charge in [0, 0.05) is 40.9 Å². The first-order valence-electron chi connectivity index (χ1n) is 7.01. The minimum Gasteiger partial charge on any atom is -0.350 e. The fraction of sp³-hybridized carbons (Fsp3) is 0.562. The monoisotopic (exact) mass is 339 g/mol. The van der Waals surface area contributed by atoms with Gasteiger partial charge in [-0.15, -0.1) is 6.58 Å². The Kier molecular flexibility index (Phi) is 6.21. The summed E-state index contributed by atoms with van der Waals surface area (Å²) in [6.45, 7) is 16.3. The van der Waals surface area contributed by atoms with Crippen LogP contribution in [-0.2, 0) is 6.54 Å². The lowest BCUT2D eigenvalue weighted by atomic mass is 10.1. The van der Waals surface area contributed by atoms with E-state index in [2.05, 4.69) is 78.4 Å². The molecule has 0 bridgehead atoms. The summed E-state index contributed by atoms with van der Waals surface area (Å²) in [4.78, 5) is 6.87. The van der Waals surface area contributed by atoms with E-state index in [1.165, 1.54) is 5.56 Å². The summed E-state index contributed by atoms with van der Waals surface area (Å²) < 4.78 is 1.01. The summed E-state index contributed by atoms with van der Waals surface area (Å²) in [5.41, 5.74) is 1.28. The highest BCUT2D eigenvalue weighted by Gasteiger charge is 2.17. The molecule has 20 heavy (non-hydrogen) atoms. The Bertz CT molecular complexity index is 450. The van der Waals surface area contributed by atoms with Gasteiger partial charge in [0.05, 0.1) is 0 Å². The molecular formula is C16H26BrN3. The molecule has 0 radical (unpaired) electrons. The van der Waals surface area contributed by atoms with Crippen LogP contribution < -0.4 is 10.2 Å². The molecule has 0 saturated heterocycles. The number of rotatable bonds is 6. The van der Waals surface area contributed by atoms with Crippen LogP contribution in [0, 0.1) is 0 Å². The minimum atomic E-state index is 0.0840. The van der Waals surface area contributed by atoms with Gasteiger partial charge in [-0.3, -0.25) is 0 Å². The first-order chi connectivity index (χ1) is 9.24. The first kappa shape index (κ1) is 17.2. The van der Waals surface area contributed by atoms with Gasteiger partial charge in [0.25, 0.3) is 0 Å². The molecular weight excluding hydrogens is 314 g/mol. The maximum Gasteiger partial charge on any atom is 0.133 e. The van der Waals surface area contributed by atoms with Crippen molar-refractivity contribution in [2.75, 3.05) is 11.4 Å². The molecule has 0 aliphatic carbocycles. The van der Waals surface area contributed by atoms with Crippen molar-refractivity contribution < 1.29 is 0 Å². The molecule has 4 heteroatoms. The van der Waals surface area contributed by atoms with E-state index in [1.807, 2.05) is 12.3 Å². The molecule has 1 heterocycles. The molecule has 0 saturated carbocycles. The summed E-state index contributed by atoms with van der Waals surface area (Å²) in [6, 6.07) is 2.52. The largest absolute Gasteiger partial charge is 0.350 e. The Balaban J connectivity index is 3.07. The molecule has 0 fully saturated rings. The highest BCUT2D eigenvalue weighted by Crippen LogP contribution is 2.24. The predicted octanol–water partition coefficient (Wildman–Crippen LogP) is 4.13. The van der Waals surface area contributed by atoms with Crippen molar-refractivity contribution in [3.8, 4) is 0 Å². The topological polar surface area (TPSA) is 28.2 Å². The Hall–Kier alpha value is -0.870. The number of hydrogen-bond donors (Lipinski definition) is 1. The number of hydrogen-bond acceptors (Lipinski definition) is 3. The van der Waals surface area contributed by atoms with Crippen molar-refractivity contribution in [1.82, 2.24) is 10.3 Å². The maximum absolute atomic E-state index is 4.61. The molecule has 0 aromatic carbocycles. The molecule has 1 aromatic rings. The lowest BCUT2D eigenvalue weighted by Gasteiger charge is -2.30. The fourth-order valence-electron chi connectivity index (χ4n) is 1.90. The Morgan fingerprint density at radius 2 is 2.10 bits per heavy atom. The SMILES string of the molecule is C=CCN(c1ncc(Br)cc1CNC(C)(C)C)C(C)C. The van der Waals surface area contributed by atoms with Crippen LogP contribution >= 0.6 is 15.9 Å². The Labute approximate surface area is 131 Å². The quantitative estimate of drug-likeness (QED) is 0.789. The molecule has 1 rings (SSSR count). The van der Waals surface area contributed by atoms with Gasteiger partial charge < -0.3 is 10.2 Å². The molecule has 1 N–H and O–H groups in total. The van der Waals surface area contributed by atoms with Crippen LogP contribution in [0.25, 0.3) is 0 Å². The smallest absolute Gasteiger partial charge is 0.133 e. The van der Waals surface area contributed by atoms with Crippen molar-refractivity contribution in [3.63, 3.8) is 0 Å². The summed E-state index contributed by atoms with van der Waals surface area (Å²) >= 11 is 3.51. The van der Waals surface area contributed by atoms with Gasteiger partial charge in [-0.2, -0.15) is 0 Å². The molecule has 0 atom stereocenters. The molecule has 1 aromatic heterocycles. The average Bonchev–Trinajstić information content (AvgIpc) is 2.33. The average molecular weight is 340 g/mol. The van der Waals surface area contributed by atoms with E-state index >= 15 is 0 Å². The number of anilines is 1. The molecule has 112 valence electrons. The van der Waals surface area contributed by atoms with Crippen molar-refractivity contribution in [2.45, 2.75) is 52.7 Å². The van der Waals surface area contributed by atoms with E-state index in [4.69, 9.17) is 0 Å². The van der Waals surface area contributed by atoms with Crippen LogP contribution in [-0.4, -0.2) is 23.1 Å². The van der Waals surface area contributed by atoms with Crippen LogP contribution in [0.15, 0.2) is 29.4 Å². The van der Waals surface area contributed by atoms with Crippen LogP contribution in [0.4, 0.5) is 5.82 Å². The maximum atomic E-state index is 4.61. The number of nitrogens with zero attached hydrogens (tertiary/aromatic N) is 2. The lowest BCUT2D eigenvalue weighted by molar-refractivity contribution is 0.423. The molecule has 0 unspecified atom stereocenters. The molecule has 3 nitrogen and oxygen atoms in total. The third-order valence-electron chi connectivity index (χ3n) is 2.94. The van der Waals surface area contributed by atoms with Crippen LogP contribution in [0.3, 0.4) is 0 Å². The molecule has 0 aliphatic rings. The summed E-state index contributed by atoms with van der Waals surface area (Å²) in [6.07, 6.45) is 3.78. The molecule has 0 aliphatic heterocycles. The van der Waals surface area contributed by atoms with Gasteiger partial charge >= 0.3 is 0 Å². The second-order valence-corrected chi connectivity index (χ2v) is 7.19. The van der Waals surface area contributed by atoms with Crippen molar-refractivity contribution in [3.05, 3.63) is 35.0 Å². The standard InChI is InChI=1S/C16H26BrN3/c1-7-8-20(12(2)3)15-13(9-14(17)11-18-15)10-19-16(4,5)6/h7,9,11-12,19H,1,8,10H2,2-6H3. The molecule has 0 amide bonds. The highest BCUT2D eigenvalue weighted by molar-refractivity contribution is 9.10. The van der Waals surface area contributed by atoms with Gasteiger partial charge in [-0.25, -0.2) is 4.98 Å². The van der Waals surface area contributed by atoms with E-state index < -0.39 is 0 Å². The number of nitrogens with one attached hydrogen (secondary N) is 1. The Morgan fingerprint density at radius 3 is 2.60 bits per heavy atom. The number of pyridine rings is 1. The van der Waals surface area contributed by atoms with Crippen molar-refractivity contribution >= 4 is 21.7 Å². The van der Waals surface area contributed by atoms with Crippen LogP contribution in [0.2, 0.25) is 0 Å². The van der Waals surface area contributed by atoms with Gasteiger partial charge in [-0.05, 0) is 56.6 Å². The summed E-state index contributed by atoms with van der Waals surface area (Å²) in [7, 11) is 0. The number of aromatic nitrogens is 1.